The number of carbonyl (C=O) groups is 1. The van der Waals surface area contributed by atoms with Crippen LogP contribution in [0.5, 0.6) is 0 Å². The molecule has 1 aromatic heterocycles. The molecule has 1 aromatic carbocycles. The number of nitrogens with zero attached hydrogens (tertiary/aromatic N) is 4. The van der Waals surface area contributed by atoms with Crippen molar-refractivity contribution in [3.05, 3.63) is 44.9 Å². The molecule has 1 fully saturated rings. The highest BCUT2D eigenvalue weighted by atomic mass is 79.9. The molecule has 0 spiro atoms. The first-order valence-electron chi connectivity index (χ1n) is 9.03. The molecular formula is C18H19BrFN5O4. The van der Waals surface area contributed by atoms with Crippen LogP contribution < -0.4 is 10.2 Å². The number of carbonyl (C=O) groups excluding carboxylic acids is 1. The second kappa shape index (κ2) is 9.12. The zero-order chi connectivity index (χ0) is 21.0. The molecule has 0 radical (unpaired) electrons. The van der Waals surface area contributed by atoms with Crippen LogP contribution >= 0.6 is 15.9 Å². The predicted molar refractivity (Wildman–Crippen MR) is 108 cm³/mol. The van der Waals surface area contributed by atoms with Gasteiger partial charge in [0, 0.05) is 17.6 Å². The third-order valence-electron chi connectivity index (χ3n) is 4.51. The molecule has 0 aliphatic carbocycles. The number of ether oxygens (including phenoxy) is 1. The normalized spacial score (nSPS) is 16.4. The summed E-state index contributed by atoms with van der Waals surface area (Å²) in [7, 11) is 0. The maximum absolute atomic E-state index is 14.2. The molecule has 1 saturated heterocycles. The first-order valence-corrected chi connectivity index (χ1v) is 9.83. The molecule has 1 N–H and O–H groups in total. The molecule has 154 valence electrons. The number of benzene rings is 1. The van der Waals surface area contributed by atoms with Gasteiger partial charge in [0.15, 0.2) is 0 Å². The van der Waals surface area contributed by atoms with Gasteiger partial charge in [-0.05, 0) is 38.0 Å². The molecule has 0 saturated carbocycles. The fourth-order valence-electron chi connectivity index (χ4n) is 3.20. The number of aromatic nitrogens is 2. The maximum atomic E-state index is 14.2. The molecule has 11 heteroatoms. The lowest BCUT2D eigenvalue weighted by Gasteiger charge is -2.32. The topological polar surface area (TPSA) is 110 Å². The number of nitrogens with one attached hydrogen (secondary N) is 1. The van der Waals surface area contributed by atoms with Crippen molar-refractivity contribution in [2.45, 2.75) is 19.8 Å². The molecule has 1 aliphatic rings. The predicted octanol–water partition coefficient (Wildman–Crippen LogP) is 3.81. The van der Waals surface area contributed by atoms with Crippen molar-refractivity contribution in [2.75, 3.05) is 29.9 Å². The fraction of sp³-hybridized carbons (Fsp3) is 0.389. The lowest BCUT2D eigenvalue weighted by Crippen LogP contribution is -2.40. The number of esters is 1. The summed E-state index contributed by atoms with van der Waals surface area (Å²) >= 11 is 3.17. The second-order valence-corrected chi connectivity index (χ2v) is 7.35. The van der Waals surface area contributed by atoms with Crippen molar-refractivity contribution < 1.29 is 18.8 Å². The van der Waals surface area contributed by atoms with Crippen LogP contribution in [0, 0.1) is 21.8 Å². The highest BCUT2D eigenvalue weighted by molar-refractivity contribution is 9.10. The Morgan fingerprint density at radius 3 is 2.97 bits per heavy atom. The van der Waals surface area contributed by atoms with E-state index in [-0.39, 0.29) is 42.1 Å². The van der Waals surface area contributed by atoms with E-state index in [1.807, 2.05) is 0 Å². The van der Waals surface area contributed by atoms with Gasteiger partial charge in [0.2, 0.25) is 11.6 Å². The zero-order valence-corrected chi connectivity index (χ0v) is 17.2. The van der Waals surface area contributed by atoms with Gasteiger partial charge in [0.1, 0.15) is 12.1 Å². The molecule has 3 rings (SSSR count). The Kier molecular flexibility index (Phi) is 6.57. The van der Waals surface area contributed by atoms with E-state index in [2.05, 4.69) is 31.2 Å². The van der Waals surface area contributed by atoms with E-state index >= 15 is 0 Å². The van der Waals surface area contributed by atoms with Crippen molar-refractivity contribution in [3.8, 4) is 0 Å². The molecule has 9 nitrogen and oxygen atoms in total. The van der Waals surface area contributed by atoms with Crippen molar-refractivity contribution in [1.82, 2.24) is 9.97 Å². The van der Waals surface area contributed by atoms with Crippen molar-refractivity contribution in [2.24, 2.45) is 5.92 Å². The SMILES string of the molecule is CCOC(=O)C1CCCN(c2ncnc(Nc3ccc(Br)cc3F)c2[N+](=O)[O-])C1. The Labute approximate surface area is 174 Å². The highest BCUT2D eigenvalue weighted by Gasteiger charge is 2.33. The van der Waals surface area contributed by atoms with Crippen molar-refractivity contribution in [3.63, 3.8) is 0 Å². The molecular weight excluding hydrogens is 449 g/mol. The van der Waals surface area contributed by atoms with Gasteiger partial charge in [0.05, 0.1) is 23.1 Å². The molecule has 29 heavy (non-hydrogen) atoms. The van der Waals surface area contributed by atoms with Crippen molar-refractivity contribution in [1.29, 1.82) is 0 Å². The van der Waals surface area contributed by atoms with E-state index in [9.17, 15) is 19.3 Å². The summed E-state index contributed by atoms with van der Waals surface area (Å²) in [4.78, 5) is 33.0. The Bertz CT molecular complexity index is 929. The van der Waals surface area contributed by atoms with Crippen LogP contribution in [-0.2, 0) is 9.53 Å². The largest absolute Gasteiger partial charge is 0.466 e. The summed E-state index contributed by atoms with van der Waals surface area (Å²) in [6, 6.07) is 4.29. The third kappa shape index (κ3) is 4.78. The number of halogens is 2. The number of anilines is 3. The highest BCUT2D eigenvalue weighted by Crippen LogP contribution is 2.36. The lowest BCUT2D eigenvalue weighted by atomic mass is 9.98. The van der Waals surface area contributed by atoms with Crippen LogP contribution in [0.1, 0.15) is 19.8 Å². The minimum Gasteiger partial charge on any atom is -0.466 e. The van der Waals surface area contributed by atoms with Crippen LogP contribution in [0.15, 0.2) is 29.0 Å². The summed E-state index contributed by atoms with van der Waals surface area (Å²) in [6.07, 6.45) is 2.48. The fourth-order valence-corrected chi connectivity index (χ4v) is 3.53. The van der Waals surface area contributed by atoms with Gasteiger partial charge in [-0.25, -0.2) is 14.4 Å². The summed E-state index contributed by atoms with van der Waals surface area (Å²) in [5, 5.41) is 14.5. The van der Waals surface area contributed by atoms with E-state index in [1.165, 1.54) is 18.5 Å². The standard InChI is InChI=1S/C18H19BrFN5O4/c1-2-29-18(26)11-4-3-7-24(9-11)17-15(25(27)28)16(21-10-22-17)23-14-6-5-12(19)8-13(14)20/h5-6,8,10-11H,2-4,7,9H2,1H3,(H,21,22,23). The Morgan fingerprint density at radius 1 is 1.48 bits per heavy atom. The van der Waals surface area contributed by atoms with Crippen molar-refractivity contribution >= 4 is 44.9 Å². The van der Waals surface area contributed by atoms with Crippen LogP contribution in [0.25, 0.3) is 0 Å². The zero-order valence-electron chi connectivity index (χ0n) is 15.6. The first kappa shape index (κ1) is 20.9. The van der Waals surface area contributed by atoms with E-state index in [0.717, 1.165) is 0 Å². The molecule has 1 aliphatic heterocycles. The van der Waals surface area contributed by atoms with Gasteiger partial charge in [-0.2, -0.15) is 0 Å². The summed E-state index contributed by atoms with van der Waals surface area (Å²) < 4.78 is 19.8. The maximum Gasteiger partial charge on any atom is 0.353 e. The van der Waals surface area contributed by atoms with Gasteiger partial charge >= 0.3 is 11.7 Å². The van der Waals surface area contributed by atoms with E-state index in [4.69, 9.17) is 4.74 Å². The summed E-state index contributed by atoms with van der Waals surface area (Å²) in [6.45, 7) is 2.76. The van der Waals surface area contributed by atoms with Gasteiger partial charge in [-0.15, -0.1) is 0 Å². The Morgan fingerprint density at radius 2 is 2.28 bits per heavy atom. The quantitative estimate of drug-likeness (QED) is 0.387. The van der Waals surface area contributed by atoms with Gasteiger partial charge in [0.25, 0.3) is 0 Å². The minimum atomic E-state index is -0.609. The van der Waals surface area contributed by atoms with Crippen LogP contribution in [0.2, 0.25) is 0 Å². The average molecular weight is 468 g/mol. The molecule has 2 heterocycles. The molecule has 0 bridgehead atoms. The molecule has 1 atom stereocenters. The second-order valence-electron chi connectivity index (χ2n) is 6.44. The first-order chi connectivity index (χ1) is 13.9. The average Bonchev–Trinajstić information content (AvgIpc) is 2.70. The third-order valence-corrected chi connectivity index (χ3v) is 5.00. The molecule has 1 unspecified atom stereocenters. The molecule has 0 amide bonds. The lowest BCUT2D eigenvalue weighted by molar-refractivity contribution is -0.383. The number of hydrogen-bond donors (Lipinski definition) is 1. The van der Waals surface area contributed by atoms with E-state index in [0.29, 0.717) is 23.9 Å². The number of nitro groups is 1. The van der Waals surface area contributed by atoms with Gasteiger partial charge in [-0.1, -0.05) is 15.9 Å². The van der Waals surface area contributed by atoms with E-state index in [1.54, 1.807) is 17.9 Å². The van der Waals surface area contributed by atoms with Gasteiger partial charge in [-0.3, -0.25) is 14.9 Å². The Balaban J connectivity index is 1.92. The van der Waals surface area contributed by atoms with Crippen LogP contribution in [0.3, 0.4) is 0 Å². The summed E-state index contributed by atoms with van der Waals surface area (Å²) in [5.74, 6) is -1.35. The van der Waals surface area contributed by atoms with Gasteiger partial charge < -0.3 is 15.0 Å². The number of rotatable bonds is 6. The Hall–Kier alpha value is -2.82. The van der Waals surface area contributed by atoms with Crippen LogP contribution in [-0.4, -0.2) is 40.6 Å². The monoisotopic (exact) mass is 467 g/mol. The van der Waals surface area contributed by atoms with E-state index < -0.39 is 16.7 Å². The number of hydrogen-bond acceptors (Lipinski definition) is 8. The minimum absolute atomic E-state index is 0.0454. The summed E-state index contributed by atoms with van der Waals surface area (Å²) in [5.41, 5.74) is -0.330. The van der Waals surface area contributed by atoms with Crippen LogP contribution in [0.4, 0.5) is 27.4 Å². The smallest absolute Gasteiger partial charge is 0.353 e. The number of piperidine rings is 1. The molecule has 2 aromatic rings.